The molecule has 3 rings (SSSR count). The highest BCUT2D eigenvalue weighted by Crippen LogP contribution is 2.24. The van der Waals surface area contributed by atoms with Crippen molar-refractivity contribution in [3.05, 3.63) is 84.4 Å². The van der Waals surface area contributed by atoms with Gasteiger partial charge in [-0.15, -0.1) is 11.8 Å². The maximum absolute atomic E-state index is 12.5. The Morgan fingerprint density at radius 3 is 2.20 bits per heavy atom. The number of anilines is 1. The van der Waals surface area contributed by atoms with Crippen molar-refractivity contribution in [1.29, 1.82) is 0 Å². The zero-order chi connectivity index (χ0) is 21.3. The molecule has 3 aromatic carbocycles. The Kier molecular flexibility index (Phi) is 7.40. The van der Waals surface area contributed by atoms with Gasteiger partial charge in [-0.1, -0.05) is 60.7 Å². The topological polar surface area (TPSA) is 83.5 Å². The largest absolute Gasteiger partial charge is 0.481 e. The van der Waals surface area contributed by atoms with Gasteiger partial charge in [0.1, 0.15) is 0 Å². The van der Waals surface area contributed by atoms with Gasteiger partial charge in [-0.25, -0.2) is 0 Å². The number of hydrogen-bond donors (Lipinski definition) is 2. The van der Waals surface area contributed by atoms with Crippen molar-refractivity contribution in [3.8, 4) is 11.1 Å². The summed E-state index contributed by atoms with van der Waals surface area (Å²) in [5.41, 5.74) is 3.40. The van der Waals surface area contributed by atoms with Gasteiger partial charge in [0, 0.05) is 22.6 Å². The first-order valence-electron chi connectivity index (χ1n) is 9.44. The molecule has 0 saturated carbocycles. The maximum Gasteiger partial charge on any atom is 0.303 e. The molecule has 1 amide bonds. The van der Waals surface area contributed by atoms with Crippen LogP contribution in [0.25, 0.3) is 11.1 Å². The number of Topliss-reactive ketones (excluding diaryl/α,β-unsaturated/α-hetero) is 1. The predicted molar refractivity (Wildman–Crippen MR) is 119 cm³/mol. The third kappa shape index (κ3) is 6.32. The number of hydrogen-bond acceptors (Lipinski definition) is 4. The van der Waals surface area contributed by atoms with Crippen molar-refractivity contribution in [2.24, 2.45) is 0 Å². The van der Waals surface area contributed by atoms with E-state index in [0.717, 1.165) is 16.0 Å². The summed E-state index contributed by atoms with van der Waals surface area (Å²) in [6, 6.07) is 24.7. The molecule has 0 atom stereocenters. The van der Waals surface area contributed by atoms with Crippen LogP contribution in [0.2, 0.25) is 0 Å². The number of aliphatic carboxylic acids is 1. The second-order valence-corrected chi connectivity index (χ2v) is 7.67. The van der Waals surface area contributed by atoms with Crippen LogP contribution < -0.4 is 5.32 Å². The highest BCUT2D eigenvalue weighted by molar-refractivity contribution is 8.00. The molecular formula is C24H21NO4S. The Morgan fingerprint density at radius 2 is 1.50 bits per heavy atom. The number of benzene rings is 3. The van der Waals surface area contributed by atoms with Gasteiger partial charge < -0.3 is 10.4 Å². The molecule has 6 heteroatoms. The SMILES string of the molecule is O=C(O)CCC(=O)Nc1cccc(SCC(=O)c2ccc(-c3ccccc3)cc2)c1. The smallest absolute Gasteiger partial charge is 0.303 e. The van der Waals surface area contributed by atoms with Gasteiger partial charge in [-0.3, -0.25) is 14.4 Å². The van der Waals surface area contributed by atoms with Gasteiger partial charge in [0.2, 0.25) is 5.91 Å². The number of carboxylic acids is 1. The van der Waals surface area contributed by atoms with Crippen molar-refractivity contribution in [2.45, 2.75) is 17.7 Å². The van der Waals surface area contributed by atoms with Crippen molar-refractivity contribution in [3.63, 3.8) is 0 Å². The molecule has 3 aromatic rings. The van der Waals surface area contributed by atoms with Gasteiger partial charge in [-0.05, 0) is 29.3 Å². The molecule has 0 aromatic heterocycles. The van der Waals surface area contributed by atoms with Crippen LogP contribution in [0.15, 0.2) is 83.8 Å². The lowest BCUT2D eigenvalue weighted by Crippen LogP contribution is -2.13. The molecule has 0 unspecified atom stereocenters. The number of carbonyl (C=O) groups excluding carboxylic acids is 2. The number of thioether (sulfide) groups is 1. The van der Waals surface area contributed by atoms with Crippen LogP contribution in [0, 0.1) is 0 Å². The molecule has 2 N–H and O–H groups in total. The summed E-state index contributed by atoms with van der Waals surface area (Å²) in [7, 11) is 0. The monoisotopic (exact) mass is 419 g/mol. The first-order chi connectivity index (χ1) is 14.5. The van der Waals surface area contributed by atoms with Gasteiger partial charge in [0.25, 0.3) is 0 Å². The molecule has 0 aliphatic carbocycles. The van der Waals surface area contributed by atoms with Crippen LogP contribution in [0.3, 0.4) is 0 Å². The summed E-state index contributed by atoms with van der Waals surface area (Å²) in [5.74, 6) is -1.06. The molecule has 0 radical (unpaired) electrons. The molecule has 5 nitrogen and oxygen atoms in total. The fourth-order valence-corrected chi connectivity index (χ4v) is 3.67. The number of carbonyl (C=O) groups is 3. The van der Waals surface area contributed by atoms with Crippen molar-refractivity contribution in [1.82, 2.24) is 0 Å². The Bertz CT molecular complexity index is 1030. The zero-order valence-electron chi connectivity index (χ0n) is 16.2. The van der Waals surface area contributed by atoms with Crippen LogP contribution in [0.4, 0.5) is 5.69 Å². The summed E-state index contributed by atoms with van der Waals surface area (Å²) in [6.07, 6.45) is -0.290. The summed E-state index contributed by atoms with van der Waals surface area (Å²) >= 11 is 1.39. The third-order valence-electron chi connectivity index (χ3n) is 4.37. The molecule has 0 aliphatic heterocycles. The van der Waals surface area contributed by atoms with Crippen molar-refractivity contribution >= 4 is 35.1 Å². The van der Waals surface area contributed by atoms with E-state index >= 15 is 0 Å². The Labute approximate surface area is 179 Å². The normalized spacial score (nSPS) is 10.4. The standard InChI is InChI=1S/C24H21NO4S/c26-22(19-11-9-18(10-12-19)17-5-2-1-3-6-17)16-30-21-8-4-7-20(15-21)25-23(27)13-14-24(28)29/h1-12,15H,13-14,16H2,(H,25,27)(H,28,29). The van der Waals surface area contributed by atoms with Crippen molar-refractivity contribution in [2.75, 3.05) is 11.1 Å². The second-order valence-electron chi connectivity index (χ2n) is 6.62. The van der Waals surface area contributed by atoms with Crippen LogP contribution in [-0.2, 0) is 9.59 Å². The van der Waals surface area contributed by atoms with E-state index in [1.54, 1.807) is 18.2 Å². The summed E-state index contributed by atoms with van der Waals surface area (Å²) in [4.78, 5) is 35.7. The molecule has 0 aliphatic rings. The molecular weight excluding hydrogens is 398 g/mol. The van der Waals surface area contributed by atoms with Crippen LogP contribution in [0.5, 0.6) is 0 Å². The van der Waals surface area contributed by atoms with E-state index in [2.05, 4.69) is 5.32 Å². The summed E-state index contributed by atoms with van der Waals surface area (Å²) in [6.45, 7) is 0. The molecule has 30 heavy (non-hydrogen) atoms. The van der Waals surface area contributed by atoms with E-state index in [1.165, 1.54) is 11.8 Å². The minimum atomic E-state index is -1.01. The summed E-state index contributed by atoms with van der Waals surface area (Å²) in [5, 5.41) is 11.3. The quantitative estimate of drug-likeness (QED) is 0.371. The predicted octanol–water partition coefficient (Wildman–Crippen LogP) is 5.13. The second kappa shape index (κ2) is 10.4. The molecule has 0 fully saturated rings. The number of amides is 1. The minimum absolute atomic E-state index is 0.0236. The number of nitrogens with one attached hydrogen (secondary N) is 1. The molecule has 0 saturated heterocycles. The Morgan fingerprint density at radius 1 is 0.800 bits per heavy atom. The first kappa shape index (κ1) is 21.3. The van der Waals surface area contributed by atoms with E-state index in [1.807, 2.05) is 60.7 Å². The number of rotatable bonds is 9. The number of carboxylic acid groups (broad SMARTS) is 1. The van der Waals surface area contributed by atoms with Crippen LogP contribution in [0.1, 0.15) is 23.2 Å². The average molecular weight is 420 g/mol. The van der Waals surface area contributed by atoms with E-state index in [0.29, 0.717) is 11.3 Å². The van der Waals surface area contributed by atoms with E-state index in [9.17, 15) is 14.4 Å². The van der Waals surface area contributed by atoms with Gasteiger partial charge in [0.05, 0.1) is 12.2 Å². The molecule has 0 bridgehead atoms. The lowest BCUT2D eigenvalue weighted by atomic mass is 10.0. The fourth-order valence-electron chi connectivity index (χ4n) is 2.82. The van der Waals surface area contributed by atoms with Crippen LogP contribution >= 0.6 is 11.8 Å². The molecule has 0 spiro atoms. The minimum Gasteiger partial charge on any atom is -0.481 e. The lowest BCUT2D eigenvalue weighted by molar-refractivity contribution is -0.138. The van der Waals surface area contributed by atoms with E-state index in [-0.39, 0.29) is 30.3 Å². The average Bonchev–Trinajstić information content (AvgIpc) is 2.77. The third-order valence-corrected chi connectivity index (χ3v) is 5.36. The van der Waals surface area contributed by atoms with Gasteiger partial charge >= 0.3 is 5.97 Å². The van der Waals surface area contributed by atoms with Crippen LogP contribution in [-0.4, -0.2) is 28.5 Å². The number of ketones is 1. The maximum atomic E-state index is 12.5. The molecule has 152 valence electrons. The lowest BCUT2D eigenvalue weighted by Gasteiger charge is -2.07. The molecule has 0 heterocycles. The first-order valence-corrected chi connectivity index (χ1v) is 10.4. The Balaban J connectivity index is 1.55. The highest BCUT2D eigenvalue weighted by atomic mass is 32.2. The van der Waals surface area contributed by atoms with Gasteiger partial charge in [-0.2, -0.15) is 0 Å². The van der Waals surface area contributed by atoms with Gasteiger partial charge in [0.15, 0.2) is 5.78 Å². The summed E-state index contributed by atoms with van der Waals surface area (Å²) < 4.78 is 0. The van der Waals surface area contributed by atoms with Crippen molar-refractivity contribution < 1.29 is 19.5 Å². The van der Waals surface area contributed by atoms with E-state index in [4.69, 9.17) is 5.11 Å². The van der Waals surface area contributed by atoms with E-state index < -0.39 is 5.97 Å². The zero-order valence-corrected chi connectivity index (χ0v) is 17.0. The fraction of sp³-hybridized carbons (Fsp3) is 0.125. The highest BCUT2D eigenvalue weighted by Gasteiger charge is 2.09. The Hall–Kier alpha value is -3.38.